The maximum Gasteiger partial charge on any atom is 1.00 e. The Hall–Kier alpha value is -1.03. The Bertz CT molecular complexity index is 1350. The van der Waals surface area contributed by atoms with Gasteiger partial charge in [0.2, 0.25) is 0 Å². The van der Waals surface area contributed by atoms with Gasteiger partial charge in [0.25, 0.3) is 5.56 Å². The van der Waals surface area contributed by atoms with Crippen LogP contribution in [0.25, 0.3) is 11.3 Å². The minimum absolute atomic E-state index is 0. The number of alkyl halides is 3. The molecule has 0 saturated heterocycles. The summed E-state index contributed by atoms with van der Waals surface area (Å²) in [5.74, 6) is 0.0878. The molecule has 0 amide bonds. The van der Waals surface area contributed by atoms with Gasteiger partial charge in [-0.1, -0.05) is 11.8 Å². The molecule has 39 heavy (non-hydrogen) atoms. The van der Waals surface area contributed by atoms with E-state index in [9.17, 15) is 32.3 Å². The Morgan fingerprint density at radius 2 is 1.69 bits per heavy atom. The Morgan fingerprint density at radius 3 is 2.26 bits per heavy atom. The topological polar surface area (TPSA) is 146 Å². The second kappa shape index (κ2) is 14.7. The molecular weight excluding hydrogens is 586 g/mol. The summed E-state index contributed by atoms with van der Waals surface area (Å²) in [4.78, 5) is 41.4. The summed E-state index contributed by atoms with van der Waals surface area (Å²) in [5.41, 5.74) is -1.05. The van der Waals surface area contributed by atoms with Crippen LogP contribution >= 0.6 is 19.6 Å². The molecule has 10 nitrogen and oxygen atoms in total. The molecule has 200 valence electrons. The van der Waals surface area contributed by atoms with Crippen LogP contribution in [-0.4, -0.2) is 35.6 Å². The fourth-order valence-electron chi connectivity index (χ4n) is 2.95. The van der Waals surface area contributed by atoms with E-state index in [-0.39, 0.29) is 82.2 Å². The van der Waals surface area contributed by atoms with Crippen molar-refractivity contribution in [2.75, 3.05) is 13.7 Å². The van der Waals surface area contributed by atoms with Gasteiger partial charge >= 0.3 is 65.5 Å². The van der Waals surface area contributed by atoms with E-state index < -0.39 is 31.1 Å². The van der Waals surface area contributed by atoms with E-state index in [0.29, 0.717) is 16.2 Å². The van der Waals surface area contributed by atoms with E-state index in [2.05, 4.69) is 19.2 Å². The van der Waals surface area contributed by atoms with E-state index in [4.69, 9.17) is 9.47 Å². The molecule has 1 aromatic heterocycles. The second-order valence-corrected chi connectivity index (χ2v) is 10.1. The van der Waals surface area contributed by atoms with Crippen LogP contribution in [-0.2, 0) is 9.09 Å². The summed E-state index contributed by atoms with van der Waals surface area (Å²) in [6, 6.07) is 9.66. The Balaban J connectivity index is 0.00000380. The molecule has 0 atom stereocenters. The number of H-pyrrole nitrogens is 1. The molecule has 0 fully saturated rings. The molecule has 0 radical (unpaired) electrons. The summed E-state index contributed by atoms with van der Waals surface area (Å²) < 4.78 is 67.2. The molecule has 0 aliphatic rings. The van der Waals surface area contributed by atoms with E-state index in [1.165, 1.54) is 45.4 Å². The van der Waals surface area contributed by atoms with Crippen molar-refractivity contribution in [3.63, 3.8) is 0 Å². The first kappa shape index (κ1) is 36.0. The number of phosphoric acid groups is 1. The standard InChI is InChI=1S/C22H22F3N2O8PS.2Na/c1-21(2,35-36(29,30)31)12-33-17-9-4-13(10-18(17)32-3)16-11-26-19(28)20(27-16)37-15-7-5-14(6-8-15)34-22(23,24)25;;/h4-11H,12H2,1-3H3,(H,26,28)(H2,29,30,31);;/q;2*+1/p-2. The number of hydrogen-bond acceptors (Lipinski definition) is 10. The van der Waals surface area contributed by atoms with Crippen molar-refractivity contribution >= 4 is 19.6 Å². The molecule has 2 aromatic carbocycles. The van der Waals surface area contributed by atoms with Crippen molar-refractivity contribution in [3.05, 3.63) is 59.0 Å². The number of rotatable bonds is 10. The van der Waals surface area contributed by atoms with Gasteiger partial charge in [0.1, 0.15) is 18.0 Å². The Labute approximate surface area is 269 Å². The minimum atomic E-state index is -5.22. The van der Waals surface area contributed by atoms with Gasteiger partial charge in [0.15, 0.2) is 16.5 Å². The van der Waals surface area contributed by atoms with Crippen molar-refractivity contribution < 1.29 is 105 Å². The summed E-state index contributed by atoms with van der Waals surface area (Å²) in [6.45, 7) is 2.47. The number of aromatic nitrogens is 2. The zero-order valence-electron chi connectivity index (χ0n) is 21.5. The van der Waals surface area contributed by atoms with E-state index in [0.717, 1.165) is 23.9 Å². The normalized spacial score (nSPS) is 11.7. The molecule has 1 N–H and O–H groups in total. The number of benzene rings is 2. The number of nitrogens with one attached hydrogen (secondary N) is 1. The summed E-state index contributed by atoms with van der Waals surface area (Å²) in [6.07, 6.45) is -3.44. The SMILES string of the molecule is COc1cc(-c2c[nH]c(=O)c(Sc3ccc(OC(F)(F)F)cc3)n2)ccc1OCC(C)(C)OP(=O)([O-])[O-].[Na+].[Na+]. The van der Waals surface area contributed by atoms with Crippen LogP contribution in [0.1, 0.15) is 13.8 Å². The molecule has 0 bridgehead atoms. The van der Waals surface area contributed by atoms with Crippen LogP contribution in [0.15, 0.2) is 63.4 Å². The maximum atomic E-state index is 12.3. The smallest absolute Gasteiger partial charge is 0.790 e. The first-order valence-corrected chi connectivity index (χ1v) is 12.6. The number of hydrogen-bond donors (Lipinski definition) is 1. The van der Waals surface area contributed by atoms with Crippen LogP contribution in [0.5, 0.6) is 17.2 Å². The molecule has 3 aromatic rings. The predicted molar refractivity (Wildman–Crippen MR) is 122 cm³/mol. The Kier molecular flexibility index (Phi) is 13.6. The second-order valence-electron chi connectivity index (χ2n) is 7.99. The van der Waals surface area contributed by atoms with Gasteiger partial charge in [-0.05, 0) is 56.3 Å². The summed E-state index contributed by atoms with van der Waals surface area (Å²) in [5, 5.41) is 0.0415. The average molecular weight is 606 g/mol. The van der Waals surface area contributed by atoms with Gasteiger partial charge in [0.05, 0.1) is 20.6 Å². The van der Waals surface area contributed by atoms with Crippen LogP contribution < -0.4 is 88.7 Å². The van der Waals surface area contributed by atoms with Gasteiger partial charge in [-0.2, -0.15) is 0 Å². The van der Waals surface area contributed by atoms with Gasteiger partial charge in [0, 0.05) is 16.7 Å². The third-order valence-corrected chi connectivity index (χ3v) is 6.12. The number of phosphoric ester groups is 1. The third-order valence-electron chi connectivity index (χ3n) is 4.42. The average Bonchev–Trinajstić information content (AvgIpc) is 2.78. The maximum absolute atomic E-state index is 12.3. The molecule has 17 heteroatoms. The van der Waals surface area contributed by atoms with Gasteiger partial charge in [-0.25, -0.2) is 4.98 Å². The van der Waals surface area contributed by atoms with Crippen molar-refractivity contribution in [2.24, 2.45) is 0 Å². The number of halogens is 3. The van der Waals surface area contributed by atoms with Crippen LogP contribution in [0, 0.1) is 0 Å². The molecule has 0 aliphatic carbocycles. The number of methoxy groups -OCH3 is 1. The molecule has 0 saturated carbocycles. The van der Waals surface area contributed by atoms with E-state index in [1.54, 1.807) is 12.1 Å². The number of ether oxygens (including phenoxy) is 3. The third kappa shape index (κ3) is 11.8. The Morgan fingerprint density at radius 1 is 1.05 bits per heavy atom. The van der Waals surface area contributed by atoms with Gasteiger partial charge in [-0.15, -0.1) is 13.2 Å². The van der Waals surface area contributed by atoms with Crippen molar-refractivity contribution in [1.29, 1.82) is 0 Å². The zero-order chi connectivity index (χ0) is 27.4. The van der Waals surface area contributed by atoms with Crippen molar-refractivity contribution in [3.8, 4) is 28.5 Å². The monoisotopic (exact) mass is 606 g/mol. The number of aromatic amines is 1. The van der Waals surface area contributed by atoms with Gasteiger partial charge in [-0.3, -0.25) is 4.79 Å². The molecule has 0 spiro atoms. The number of nitrogens with zero attached hydrogens (tertiary/aromatic N) is 1. The molecule has 3 rings (SSSR count). The minimum Gasteiger partial charge on any atom is -0.790 e. The molecule has 1 heterocycles. The first-order valence-electron chi connectivity index (χ1n) is 10.3. The van der Waals surface area contributed by atoms with Crippen molar-refractivity contribution in [1.82, 2.24) is 9.97 Å². The molecule has 0 unspecified atom stereocenters. The van der Waals surface area contributed by atoms with Gasteiger partial charge < -0.3 is 38.1 Å². The quantitative estimate of drug-likeness (QED) is 0.194. The zero-order valence-corrected chi connectivity index (χ0v) is 27.2. The van der Waals surface area contributed by atoms with Crippen molar-refractivity contribution in [2.45, 2.75) is 35.7 Å². The fraction of sp³-hybridized carbons (Fsp3) is 0.273. The molecule has 0 aliphatic heterocycles. The summed E-state index contributed by atoms with van der Waals surface area (Å²) >= 11 is 0.943. The summed E-state index contributed by atoms with van der Waals surface area (Å²) in [7, 11) is -3.84. The van der Waals surface area contributed by atoms with Crippen LogP contribution in [0.4, 0.5) is 13.2 Å². The first-order chi connectivity index (χ1) is 17.1. The van der Waals surface area contributed by atoms with Crippen LogP contribution in [0.2, 0.25) is 0 Å². The van der Waals surface area contributed by atoms with E-state index in [1.807, 2.05) is 0 Å². The van der Waals surface area contributed by atoms with Crippen LogP contribution in [0.3, 0.4) is 0 Å². The largest absolute Gasteiger partial charge is 1.00 e. The fourth-order valence-corrected chi connectivity index (χ4v) is 4.40. The van der Waals surface area contributed by atoms with E-state index >= 15 is 0 Å². The molecular formula is C22H20F3N2Na2O8PS. The predicted octanol–water partition coefficient (Wildman–Crippen LogP) is -2.49.